The SMILES string of the molecule is C=CC(C)(CNCC(C)C)Cc1cccc(C)c1. The van der Waals surface area contributed by atoms with Gasteiger partial charge in [-0.1, -0.05) is 56.7 Å². The van der Waals surface area contributed by atoms with Crippen molar-refractivity contribution in [3.05, 3.63) is 48.0 Å². The Bertz CT molecular complexity index is 381. The van der Waals surface area contributed by atoms with Crippen LogP contribution < -0.4 is 5.32 Å². The van der Waals surface area contributed by atoms with Crippen LogP contribution in [0, 0.1) is 18.3 Å². The van der Waals surface area contributed by atoms with E-state index in [4.69, 9.17) is 0 Å². The lowest BCUT2D eigenvalue weighted by molar-refractivity contribution is 0.378. The van der Waals surface area contributed by atoms with Crippen molar-refractivity contribution in [2.45, 2.75) is 34.1 Å². The molecule has 0 saturated heterocycles. The van der Waals surface area contributed by atoms with Crippen molar-refractivity contribution in [3.63, 3.8) is 0 Å². The molecule has 1 N–H and O–H groups in total. The largest absolute Gasteiger partial charge is 0.316 e. The Balaban J connectivity index is 2.61. The molecule has 0 heterocycles. The van der Waals surface area contributed by atoms with Gasteiger partial charge in [-0.15, -0.1) is 6.58 Å². The number of aryl methyl sites for hydroxylation is 1. The first-order valence-corrected chi connectivity index (χ1v) is 6.85. The van der Waals surface area contributed by atoms with Crippen molar-refractivity contribution in [2.75, 3.05) is 13.1 Å². The summed E-state index contributed by atoms with van der Waals surface area (Å²) in [4.78, 5) is 0. The molecule has 0 aliphatic rings. The maximum Gasteiger partial charge on any atom is 0.00431 e. The lowest BCUT2D eigenvalue weighted by atomic mass is 9.83. The Morgan fingerprint density at radius 3 is 2.67 bits per heavy atom. The Hall–Kier alpha value is -1.08. The highest BCUT2D eigenvalue weighted by atomic mass is 14.9. The van der Waals surface area contributed by atoms with Crippen molar-refractivity contribution in [1.29, 1.82) is 0 Å². The maximum absolute atomic E-state index is 4.01. The third-order valence-corrected chi connectivity index (χ3v) is 3.26. The number of hydrogen-bond donors (Lipinski definition) is 1. The van der Waals surface area contributed by atoms with Crippen LogP contribution in [0.3, 0.4) is 0 Å². The summed E-state index contributed by atoms with van der Waals surface area (Å²) >= 11 is 0. The van der Waals surface area contributed by atoms with E-state index in [0.29, 0.717) is 5.92 Å². The van der Waals surface area contributed by atoms with Gasteiger partial charge < -0.3 is 5.32 Å². The standard InChI is InChI=1S/C17H27N/c1-6-17(5,13-18-12-14(2)3)11-16-9-7-8-15(4)10-16/h6-10,14,18H,1,11-13H2,2-5H3. The summed E-state index contributed by atoms with van der Waals surface area (Å²) in [5, 5.41) is 3.54. The van der Waals surface area contributed by atoms with Crippen LogP contribution in [0.4, 0.5) is 0 Å². The summed E-state index contributed by atoms with van der Waals surface area (Å²) in [7, 11) is 0. The van der Waals surface area contributed by atoms with Crippen LogP contribution in [-0.4, -0.2) is 13.1 Å². The van der Waals surface area contributed by atoms with Gasteiger partial charge in [-0.05, 0) is 31.4 Å². The molecule has 1 unspecified atom stereocenters. The van der Waals surface area contributed by atoms with Gasteiger partial charge >= 0.3 is 0 Å². The van der Waals surface area contributed by atoms with Crippen LogP contribution in [0.2, 0.25) is 0 Å². The lowest BCUT2D eigenvalue weighted by Gasteiger charge is -2.27. The fourth-order valence-corrected chi connectivity index (χ4v) is 2.14. The van der Waals surface area contributed by atoms with E-state index in [-0.39, 0.29) is 5.41 Å². The molecule has 1 atom stereocenters. The molecule has 0 aromatic heterocycles. The number of benzene rings is 1. The topological polar surface area (TPSA) is 12.0 Å². The molecular weight excluding hydrogens is 218 g/mol. The molecule has 0 aliphatic heterocycles. The van der Waals surface area contributed by atoms with Crippen LogP contribution in [0.15, 0.2) is 36.9 Å². The van der Waals surface area contributed by atoms with Gasteiger partial charge in [0.2, 0.25) is 0 Å². The number of hydrogen-bond acceptors (Lipinski definition) is 1. The molecule has 0 spiro atoms. The summed E-state index contributed by atoms with van der Waals surface area (Å²) in [6.07, 6.45) is 3.13. The molecule has 1 aromatic carbocycles. The quantitative estimate of drug-likeness (QED) is 0.717. The monoisotopic (exact) mass is 245 g/mol. The fourth-order valence-electron chi connectivity index (χ4n) is 2.14. The molecule has 0 bridgehead atoms. The van der Waals surface area contributed by atoms with Crippen LogP contribution >= 0.6 is 0 Å². The van der Waals surface area contributed by atoms with Crippen LogP contribution in [-0.2, 0) is 6.42 Å². The van der Waals surface area contributed by atoms with Gasteiger partial charge in [0.1, 0.15) is 0 Å². The lowest BCUT2D eigenvalue weighted by Crippen LogP contribution is -2.34. The normalized spacial score (nSPS) is 14.5. The smallest absolute Gasteiger partial charge is 0.00431 e. The first-order valence-electron chi connectivity index (χ1n) is 6.85. The molecule has 1 rings (SSSR count). The average molecular weight is 245 g/mol. The van der Waals surface area contributed by atoms with Crippen LogP contribution in [0.1, 0.15) is 31.9 Å². The molecule has 0 saturated carbocycles. The molecule has 1 nitrogen and oxygen atoms in total. The van der Waals surface area contributed by atoms with E-state index >= 15 is 0 Å². The van der Waals surface area contributed by atoms with Gasteiger partial charge in [0.15, 0.2) is 0 Å². The van der Waals surface area contributed by atoms with E-state index in [9.17, 15) is 0 Å². The molecule has 0 amide bonds. The van der Waals surface area contributed by atoms with Crippen LogP contribution in [0.5, 0.6) is 0 Å². The van der Waals surface area contributed by atoms with Crippen molar-refractivity contribution in [3.8, 4) is 0 Å². The van der Waals surface area contributed by atoms with Gasteiger partial charge in [-0.3, -0.25) is 0 Å². The second-order valence-corrected chi connectivity index (χ2v) is 6.05. The summed E-state index contributed by atoms with van der Waals surface area (Å²) in [5.41, 5.74) is 2.85. The number of rotatable bonds is 7. The zero-order valence-electron chi connectivity index (χ0n) is 12.3. The first kappa shape index (κ1) is 15.0. The third kappa shape index (κ3) is 5.05. The highest BCUT2D eigenvalue weighted by Gasteiger charge is 2.20. The maximum atomic E-state index is 4.01. The van der Waals surface area contributed by atoms with Crippen molar-refractivity contribution in [1.82, 2.24) is 5.32 Å². The third-order valence-electron chi connectivity index (χ3n) is 3.26. The van der Waals surface area contributed by atoms with E-state index in [1.54, 1.807) is 0 Å². The summed E-state index contributed by atoms with van der Waals surface area (Å²) < 4.78 is 0. The second kappa shape index (κ2) is 6.75. The van der Waals surface area contributed by atoms with Gasteiger partial charge in [0.05, 0.1) is 0 Å². The van der Waals surface area contributed by atoms with E-state index in [1.807, 2.05) is 0 Å². The first-order chi connectivity index (χ1) is 8.45. The molecular formula is C17H27N. The second-order valence-electron chi connectivity index (χ2n) is 6.05. The minimum absolute atomic E-state index is 0.128. The number of nitrogens with one attached hydrogen (secondary N) is 1. The van der Waals surface area contributed by atoms with Gasteiger partial charge in [-0.2, -0.15) is 0 Å². The molecule has 1 heteroatoms. The highest BCUT2D eigenvalue weighted by molar-refractivity contribution is 5.24. The summed E-state index contributed by atoms with van der Waals surface area (Å²) in [5.74, 6) is 0.693. The van der Waals surface area contributed by atoms with E-state index in [0.717, 1.165) is 19.5 Å². The molecule has 18 heavy (non-hydrogen) atoms. The average Bonchev–Trinajstić information content (AvgIpc) is 2.28. The zero-order chi connectivity index (χ0) is 13.6. The van der Waals surface area contributed by atoms with E-state index in [2.05, 4.69) is 69.9 Å². The molecule has 0 aliphatic carbocycles. The van der Waals surface area contributed by atoms with E-state index in [1.165, 1.54) is 11.1 Å². The van der Waals surface area contributed by atoms with Crippen molar-refractivity contribution >= 4 is 0 Å². The molecule has 0 radical (unpaired) electrons. The minimum atomic E-state index is 0.128. The molecule has 0 fully saturated rings. The Morgan fingerprint density at radius 2 is 2.11 bits per heavy atom. The Morgan fingerprint density at radius 1 is 1.39 bits per heavy atom. The van der Waals surface area contributed by atoms with Crippen molar-refractivity contribution < 1.29 is 0 Å². The van der Waals surface area contributed by atoms with Crippen LogP contribution in [0.25, 0.3) is 0 Å². The Kier molecular flexibility index (Phi) is 5.61. The van der Waals surface area contributed by atoms with E-state index < -0.39 is 0 Å². The molecule has 100 valence electrons. The van der Waals surface area contributed by atoms with Gasteiger partial charge in [0, 0.05) is 12.0 Å². The molecule has 1 aromatic rings. The summed E-state index contributed by atoms with van der Waals surface area (Å²) in [6, 6.07) is 8.75. The highest BCUT2D eigenvalue weighted by Crippen LogP contribution is 2.23. The Labute approximate surface area is 112 Å². The zero-order valence-corrected chi connectivity index (χ0v) is 12.3. The van der Waals surface area contributed by atoms with Crippen molar-refractivity contribution in [2.24, 2.45) is 11.3 Å². The predicted octanol–water partition coefficient (Wildman–Crippen LogP) is 3.98. The van der Waals surface area contributed by atoms with Gasteiger partial charge in [0.25, 0.3) is 0 Å². The minimum Gasteiger partial charge on any atom is -0.316 e. The predicted molar refractivity (Wildman–Crippen MR) is 80.9 cm³/mol. The van der Waals surface area contributed by atoms with Gasteiger partial charge in [-0.25, -0.2) is 0 Å². The summed E-state index contributed by atoms with van der Waals surface area (Å²) in [6.45, 7) is 15.0. The fraction of sp³-hybridized carbons (Fsp3) is 0.529.